The van der Waals surface area contributed by atoms with Crippen LogP contribution in [0, 0.1) is 11.3 Å². The monoisotopic (exact) mass is 320 g/mol. The van der Waals surface area contributed by atoms with Crippen LogP contribution < -0.4 is 0 Å². The second-order valence-electron chi connectivity index (χ2n) is 5.07. The van der Waals surface area contributed by atoms with Gasteiger partial charge in [-0.2, -0.15) is 5.26 Å². The van der Waals surface area contributed by atoms with Crippen molar-refractivity contribution < 1.29 is 18.0 Å². The first-order valence-electron chi connectivity index (χ1n) is 6.99. The molecular weight excluding hydrogens is 304 g/mol. The van der Waals surface area contributed by atoms with Crippen LogP contribution >= 0.6 is 0 Å². The summed E-state index contributed by atoms with van der Waals surface area (Å²) in [6.45, 7) is 0.0871. The van der Waals surface area contributed by atoms with Gasteiger partial charge in [0.1, 0.15) is 9.84 Å². The maximum atomic E-state index is 12.1. The van der Waals surface area contributed by atoms with Gasteiger partial charge in [-0.1, -0.05) is 12.1 Å². The molecule has 1 aliphatic rings. The number of unbranched alkanes of at least 4 members (excludes halogenated alkanes) is 1. The van der Waals surface area contributed by atoms with Gasteiger partial charge in [-0.15, -0.1) is 0 Å². The largest absolute Gasteiger partial charge is 0.274 e. The Morgan fingerprint density at radius 3 is 2.09 bits per heavy atom. The molecule has 0 aromatic heterocycles. The molecule has 1 aliphatic heterocycles. The molecule has 0 saturated carbocycles. The van der Waals surface area contributed by atoms with E-state index in [0.29, 0.717) is 17.5 Å². The molecule has 22 heavy (non-hydrogen) atoms. The van der Waals surface area contributed by atoms with Crippen LogP contribution in [-0.2, 0) is 9.84 Å². The smallest absolute Gasteiger partial charge is 0.261 e. The number of carbonyl (C=O) groups is 2. The normalized spacial score (nSPS) is 14.0. The van der Waals surface area contributed by atoms with Crippen LogP contribution in [0.3, 0.4) is 0 Å². The van der Waals surface area contributed by atoms with Gasteiger partial charge in [0.15, 0.2) is 0 Å². The van der Waals surface area contributed by atoms with Crippen LogP contribution in [0.25, 0.3) is 0 Å². The number of carbonyl (C=O) groups excluding carboxylic acids is 2. The molecule has 0 saturated heterocycles. The van der Waals surface area contributed by atoms with E-state index in [1.54, 1.807) is 24.3 Å². The predicted octanol–water partition coefficient (Wildman–Crippen LogP) is 1.39. The predicted molar refractivity (Wildman–Crippen MR) is 79.9 cm³/mol. The summed E-state index contributed by atoms with van der Waals surface area (Å²) in [5.41, 5.74) is 0.730. The number of sulfone groups is 1. The van der Waals surface area contributed by atoms with E-state index in [4.69, 9.17) is 5.26 Å². The second kappa shape index (κ2) is 6.71. The lowest BCUT2D eigenvalue weighted by Crippen LogP contribution is -2.31. The van der Waals surface area contributed by atoms with Gasteiger partial charge < -0.3 is 0 Å². The van der Waals surface area contributed by atoms with E-state index in [1.807, 2.05) is 6.07 Å². The first kappa shape index (κ1) is 16.2. The lowest BCUT2D eigenvalue weighted by Gasteiger charge is -2.13. The van der Waals surface area contributed by atoms with E-state index in [1.165, 1.54) is 0 Å². The van der Waals surface area contributed by atoms with Crippen LogP contribution in [0.15, 0.2) is 24.3 Å². The summed E-state index contributed by atoms with van der Waals surface area (Å²) >= 11 is 0. The fourth-order valence-corrected chi connectivity index (χ4v) is 3.72. The van der Waals surface area contributed by atoms with Gasteiger partial charge in [0.05, 0.1) is 28.7 Å². The molecular formula is C15H16N2O4S. The van der Waals surface area contributed by atoms with Crippen LogP contribution in [0.1, 0.15) is 40.0 Å². The molecule has 0 N–H and O–H groups in total. The van der Waals surface area contributed by atoms with Crippen molar-refractivity contribution in [2.45, 2.75) is 19.3 Å². The Bertz CT molecular complexity index is 699. The molecule has 6 nitrogen and oxygen atoms in total. The average Bonchev–Trinajstić information content (AvgIpc) is 2.73. The lowest BCUT2D eigenvalue weighted by atomic mass is 10.1. The molecule has 2 amide bonds. The maximum absolute atomic E-state index is 12.1. The minimum atomic E-state index is -3.25. The summed E-state index contributed by atoms with van der Waals surface area (Å²) in [4.78, 5) is 25.3. The molecule has 1 heterocycles. The van der Waals surface area contributed by atoms with Gasteiger partial charge in [-0.05, 0) is 25.0 Å². The van der Waals surface area contributed by atoms with E-state index in [0.717, 1.165) is 4.90 Å². The van der Waals surface area contributed by atoms with Crippen molar-refractivity contribution in [1.29, 1.82) is 5.26 Å². The minimum Gasteiger partial charge on any atom is -0.274 e. The Morgan fingerprint density at radius 2 is 1.55 bits per heavy atom. The lowest BCUT2D eigenvalue weighted by molar-refractivity contribution is 0.0654. The second-order valence-corrected chi connectivity index (χ2v) is 7.38. The quantitative estimate of drug-likeness (QED) is 0.559. The highest BCUT2D eigenvalue weighted by Crippen LogP contribution is 2.22. The number of hydrogen-bond acceptors (Lipinski definition) is 5. The van der Waals surface area contributed by atoms with Gasteiger partial charge in [-0.25, -0.2) is 8.42 Å². The minimum absolute atomic E-state index is 0.0390. The van der Waals surface area contributed by atoms with Crippen molar-refractivity contribution in [1.82, 2.24) is 4.90 Å². The first-order chi connectivity index (χ1) is 10.5. The number of rotatable bonds is 7. The Morgan fingerprint density at radius 1 is 1.00 bits per heavy atom. The number of nitriles is 1. The van der Waals surface area contributed by atoms with Crippen molar-refractivity contribution >= 4 is 21.7 Å². The van der Waals surface area contributed by atoms with Gasteiger partial charge in [0.2, 0.25) is 0 Å². The number of hydrogen-bond donors (Lipinski definition) is 0. The molecule has 0 atom stereocenters. The summed E-state index contributed by atoms with van der Waals surface area (Å²) in [5, 5.41) is 8.40. The zero-order chi connectivity index (χ0) is 16.2. The summed E-state index contributed by atoms with van der Waals surface area (Å²) in [5.74, 6) is -0.876. The van der Waals surface area contributed by atoms with Crippen LogP contribution in [-0.4, -0.2) is 43.2 Å². The standard InChI is InChI=1S/C15H16N2O4S/c16-8-3-4-10-22(20,21)11-5-9-17-14(18)12-6-1-2-7-13(12)15(17)19/h1-2,6-7H,3-5,9-11H2. The van der Waals surface area contributed by atoms with Gasteiger partial charge in [-0.3, -0.25) is 14.5 Å². The molecule has 7 heteroatoms. The summed E-state index contributed by atoms with van der Waals surface area (Å²) < 4.78 is 23.5. The highest BCUT2D eigenvalue weighted by atomic mass is 32.2. The number of benzene rings is 1. The number of nitrogens with zero attached hydrogens (tertiary/aromatic N) is 2. The molecule has 0 fully saturated rings. The SMILES string of the molecule is N#CCCCS(=O)(=O)CCCN1C(=O)c2ccccc2C1=O. The molecule has 0 aliphatic carbocycles. The fraction of sp³-hybridized carbons (Fsp3) is 0.400. The molecule has 0 spiro atoms. The van der Waals surface area contributed by atoms with Crippen LogP contribution in [0.2, 0.25) is 0 Å². The van der Waals surface area contributed by atoms with Crippen LogP contribution in [0.5, 0.6) is 0 Å². The Hall–Kier alpha value is -2.20. The zero-order valence-corrected chi connectivity index (χ0v) is 12.8. The molecule has 2 rings (SSSR count). The maximum Gasteiger partial charge on any atom is 0.261 e. The van der Waals surface area contributed by atoms with E-state index in [-0.39, 0.29) is 42.7 Å². The molecule has 0 bridgehead atoms. The Labute approximate surface area is 129 Å². The van der Waals surface area contributed by atoms with Crippen molar-refractivity contribution in [2.75, 3.05) is 18.1 Å². The molecule has 1 aromatic carbocycles. The average molecular weight is 320 g/mol. The Kier molecular flexibility index (Phi) is 4.93. The summed E-state index contributed by atoms with van der Waals surface area (Å²) in [6, 6.07) is 8.46. The summed E-state index contributed by atoms with van der Waals surface area (Å²) in [6.07, 6.45) is 0.726. The van der Waals surface area contributed by atoms with E-state index < -0.39 is 9.84 Å². The molecule has 116 valence electrons. The first-order valence-corrected chi connectivity index (χ1v) is 8.81. The van der Waals surface area contributed by atoms with Gasteiger partial charge >= 0.3 is 0 Å². The van der Waals surface area contributed by atoms with Crippen molar-refractivity contribution in [3.8, 4) is 6.07 Å². The highest BCUT2D eigenvalue weighted by Gasteiger charge is 2.34. The van der Waals surface area contributed by atoms with E-state index >= 15 is 0 Å². The van der Waals surface area contributed by atoms with E-state index in [2.05, 4.69) is 0 Å². The third kappa shape index (κ3) is 3.52. The number of imide groups is 1. The number of fused-ring (bicyclic) bond motifs is 1. The third-order valence-corrected chi connectivity index (χ3v) is 5.28. The van der Waals surface area contributed by atoms with E-state index in [9.17, 15) is 18.0 Å². The molecule has 1 aromatic rings. The van der Waals surface area contributed by atoms with Crippen LogP contribution in [0.4, 0.5) is 0 Å². The fourth-order valence-electron chi connectivity index (χ4n) is 2.36. The summed E-state index contributed by atoms with van der Waals surface area (Å²) in [7, 11) is -3.25. The van der Waals surface area contributed by atoms with Gasteiger partial charge in [0, 0.05) is 13.0 Å². The van der Waals surface area contributed by atoms with Gasteiger partial charge in [0.25, 0.3) is 11.8 Å². The highest BCUT2D eigenvalue weighted by molar-refractivity contribution is 7.91. The topological polar surface area (TPSA) is 95.3 Å². The van der Waals surface area contributed by atoms with Crippen molar-refractivity contribution in [3.63, 3.8) is 0 Å². The third-order valence-electron chi connectivity index (χ3n) is 3.46. The Balaban J connectivity index is 1.90. The van der Waals surface area contributed by atoms with Crippen molar-refractivity contribution in [2.24, 2.45) is 0 Å². The molecule has 0 unspecified atom stereocenters. The van der Waals surface area contributed by atoms with Crippen molar-refractivity contribution in [3.05, 3.63) is 35.4 Å². The zero-order valence-electron chi connectivity index (χ0n) is 12.0. The molecule has 0 radical (unpaired) electrons. The number of amides is 2.